The first-order valence-electron chi connectivity index (χ1n) is 7.77. The molecule has 0 bridgehead atoms. The van der Waals surface area contributed by atoms with Gasteiger partial charge in [-0.1, -0.05) is 64.2 Å². The summed E-state index contributed by atoms with van der Waals surface area (Å²) < 4.78 is 0. The van der Waals surface area contributed by atoms with E-state index in [0.717, 1.165) is 25.8 Å². The first-order chi connectivity index (χ1) is 8.80. The normalized spacial score (nSPS) is 25.9. The van der Waals surface area contributed by atoms with E-state index in [0.29, 0.717) is 0 Å². The molecule has 18 heavy (non-hydrogen) atoms. The molecule has 3 heteroatoms. The second-order valence-electron chi connectivity index (χ2n) is 5.52. The van der Waals surface area contributed by atoms with Crippen LogP contribution in [0.3, 0.4) is 0 Å². The van der Waals surface area contributed by atoms with Crippen molar-refractivity contribution in [1.82, 2.24) is 5.32 Å². The van der Waals surface area contributed by atoms with E-state index in [1.165, 1.54) is 57.8 Å². The van der Waals surface area contributed by atoms with E-state index in [4.69, 9.17) is 5.11 Å². The largest absolute Gasteiger partial charge is 0.480 e. The molecule has 1 saturated heterocycles. The third kappa shape index (κ3) is 7.70. The fourth-order valence-corrected chi connectivity index (χ4v) is 2.65. The smallest absolute Gasteiger partial charge is 0.320 e. The fraction of sp³-hybridized carbons (Fsp3) is 0.933. The van der Waals surface area contributed by atoms with Gasteiger partial charge >= 0.3 is 5.97 Å². The molecule has 1 heterocycles. The summed E-state index contributed by atoms with van der Waals surface area (Å²) in [5.41, 5.74) is 0. The standard InChI is InChI=1S/C15H29NO2/c17-15(18)14-12-10-8-6-4-2-1-3-5-7-9-11-13-16-14/h14,16H,1-13H2,(H,17,18). The molecule has 0 aliphatic carbocycles. The quantitative estimate of drug-likeness (QED) is 0.750. The Kier molecular flexibility index (Phi) is 8.92. The molecule has 0 spiro atoms. The van der Waals surface area contributed by atoms with Crippen LogP contribution in [0.5, 0.6) is 0 Å². The SMILES string of the molecule is O=C(O)C1CCCCCCCCCCCCCN1. The first-order valence-corrected chi connectivity index (χ1v) is 7.77. The molecular weight excluding hydrogens is 226 g/mol. The summed E-state index contributed by atoms with van der Waals surface area (Å²) >= 11 is 0. The monoisotopic (exact) mass is 255 g/mol. The lowest BCUT2D eigenvalue weighted by Crippen LogP contribution is -2.37. The average molecular weight is 255 g/mol. The Morgan fingerprint density at radius 3 is 1.72 bits per heavy atom. The first kappa shape index (κ1) is 15.5. The number of nitrogens with one attached hydrogen (secondary N) is 1. The van der Waals surface area contributed by atoms with Gasteiger partial charge in [-0.05, 0) is 19.4 Å². The van der Waals surface area contributed by atoms with Crippen LogP contribution in [0.15, 0.2) is 0 Å². The highest BCUT2D eigenvalue weighted by molar-refractivity contribution is 5.73. The zero-order valence-corrected chi connectivity index (χ0v) is 11.6. The van der Waals surface area contributed by atoms with Gasteiger partial charge in [0.15, 0.2) is 0 Å². The van der Waals surface area contributed by atoms with Gasteiger partial charge in [0, 0.05) is 0 Å². The van der Waals surface area contributed by atoms with Crippen molar-refractivity contribution in [3.8, 4) is 0 Å². The Bertz CT molecular complexity index is 203. The Labute approximate surface area is 111 Å². The molecule has 0 radical (unpaired) electrons. The van der Waals surface area contributed by atoms with E-state index in [1.54, 1.807) is 0 Å². The third-order valence-corrected chi connectivity index (χ3v) is 3.86. The van der Waals surface area contributed by atoms with Crippen molar-refractivity contribution in [2.24, 2.45) is 0 Å². The van der Waals surface area contributed by atoms with E-state index in [9.17, 15) is 4.79 Å². The molecular formula is C15H29NO2. The number of aliphatic carboxylic acids is 1. The molecule has 1 fully saturated rings. The van der Waals surface area contributed by atoms with Crippen molar-refractivity contribution in [2.45, 2.75) is 83.1 Å². The minimum Gasteiger partial charge on any atom is -0.480 e. The maximum absolute atomic E-state index is 11.1. The second kappa shape index (κ2) is 10.4. The van der Waals surface area contributed by atoms with Crippen LogP contribution in [0.1, 0.15) is 77.0 Å². The van der Waals surface area contributed by atoms with Gasteiger partial charge in [0.25, 0.3) is 0 Å². The summed E-state index contributed by atoms with van der Waals surface area (Å²) in [6, 6.07) is -0.324. The molecule has 0 saturated carbocycles. The highest BCUT2D eigenvalue weighted by atomic mass is 16.4. The van der Waals surface area contributed by atoms with Crippen molar-refractivity contribution >= 4 is 5.97 Å². The van der Waals surface area contributed by atoms with Gasteiger partial charge < -0.3 is 10.4 Å². The van der Waals surface area contributed by atoms with Gasteiger partial charge in [-0.3, -0.25) is 4.79 Å². The average Bonchev–Trinajstić information content (AvgIpc) is 2.36. The minimum absolute atomic E-state index is 0.324. The molecule has 106 valence electrons. The molecule has 0 aromatic carbocycles. The fourth-order valence-electron chi connectivity index (χ4n) is 2.65. The molecule has 0 aromatic heterocycles. The lowest BCUT2D eigenvalue weighted by atomic mass is 10.0. The summed E-state index contributed by atoms with van der Waals surface area (Å²) in [5.74, 6) is -0.681. The third-order valence-electron chi connectivity index (χ3n) is 3.86. The highest BCUT2D eigenvalue weighted by Crippen LogP contribution is 2.13. The van der Waals surface area contributed by atoms with Gasteiger partial charge in [0.2, 0.25) is 0 Å². The lowest BCUT2D eigenvalue weighted by Gasteiger charge is -2.14. The van der Waals surface area contributed by atoms with Crippen LogP contribution in [0.4, 0.5) is 0 Å². The number of rotatable bonds is 1. The molecule has 3 nitrogen and oxygen atoms in total. The van der Waals surface area contributed by atoms with Crippen molar-refractivity contribution in [2.75, 3.05) is 6.54 Å². The van der Waals surface area contributed by atoms with E-state index in [1.807, 2.05) is 0 Å². The van der Waals surface area contributed by atoms with Crippen molar-refractivity contribution in [3.63, 3.8) is 0 Å². The van der Waals surface area contributed by atoms with Gasteiger partial charge in [-0.2, -0.15) is 0 Å². The maximum atomic E-state index is 11.1. The number of carboxylic acid groups (broad SMARTS) is 1. The molecule has 1 atom stereocenters. The van der Waals surface area contributed by atoms with Crippen LogP contribution in [0, 0.1) is 0 Å². The minimum atomic E-state index is -0.681. The van der Waals surface area contributed by atoms with Crippen LogP contribution in [0.25, 0.3) is 0 Å². The van der Waals surface area contributed by atoms with Crippen molar-refractivity contribution in [1.29, 1.82) is 0 Å². The predicted molar refractivity (Wildman–Crippen MR) is 74.8 cm³/mol. The van der Waals surface area contributed by atoms with Crippen LogP contribution in [0.2, 0.25) is 0 Å². The Morgan fingerprint density at radius 2 is 1.22 bits per heavy atom. The summed E-state index contributed by atoms with van der Waals surface area (Å²) in [4.78, 5) is 11.1. The summed E-state index contributed by atoms with van der Waals surface area (Å²) in [5, 5.41) is 12.3. The van der Waals surface area contributed by atoms with Gasteiger partial charge in [0.05, 0.1) is 0 Å². The van der Waals surface area contributed by atoms with Gasteiger partial charge in [0.1, 0.15) is 6.04 Å². The summed E-state index contributed by atoms with van der Waals surface area (Å²) in [7, 11) is 0. The number of carboxylic acids is 1. The molecule has 1 aliphatic heterocycles. The van der Waals surface area contributed by atoms with Crippen LogP contribution < -0.4 is 5.32 Å². The molecule has 1 aliphatic rings. The lowest BCUT2D eigenvalue weighted by molar-refractivity contribution is -0.139. The van der Waals surface area contributed by atoms with Crippen molar-refractivity contribution in [3.05, 3.63) is 0 Å². The number of hydrogen-bond donors (Lipinski definition) is 2. The zero-order chi connectivity index (χ0) is 13.1. The van der Waals surface area contributed by atoms with Crippen molar-refractivity contribution < 1.29 is 9.90 Å². The number of hydrogen-bond acceptors (Lipinski definition) is 2. The topological polar surface area (TPSA) is 49.3 Å². The van der Waals surface area contributed by atoms with Gasteiger partial charge in [-0.25, -0.2) is 0 Å². The van der Waals surface area contributed by atoms with Crippen LogP contribution in [-0.4, -0.2) is 23.7 Å². The second-order valence-corrected chi connectivity index (χ2v) is 5.52. The van der Waals surface area contributed by atoms with Crippen LogP contribution in [-0.2, 0) is 4.79 Å². The molecule has 1 rings (SSSR count). The molecule has 0 aromatic rings. The summed E-state index contributed by atoms with van der Waals surface area (Å²) in [6.45, 7) is 0.858. The van der Waals surface area contributed by atoms with Crippen LogP contribution >= 0.6 is 0 Å². The van der Waals surface area contributed by atoms with E-state index in [-0.39, 0.29) is 6.04 Å². The van der Waals surface area contributed by atoms with E-state index in [2.05, 4.69) is 5.32 Å². The van der Waals surface area contributed by atoms with Gasteiger partial charge in [-0.15, -0.1) is 0 Å². The zero-order valence-electron chi connectivity index (χ0n) is 11.6. The number of carbonyl (C=O) groups is 1. The Balaban J connectivity index is 2.26. The van der Waals surface area contributed by atoms with E-state index < -0.39 is 5.97 Å². The maximum Gasteiger partial charge on any atom is 0.320 e. The molecule has 0 amide bonds. The highest BCUT2D eigenvalue weighted by Gasteiger charge is 2.15. The Morgan fingerprint density at radius 1 is 0.778 bits per heavy atom. The molecule has 1 unspecified atom stereocenters. The van der Waals surface area contributed by atoms with E-state index >= 15 is 0 Å². The Hall–Kier alpha value is -0.570. The summed E-state index contributed by atoms with van der Waals surface area (Å²) in [6.07, 6.45) is 14.7. The molecule has 2 N–H and O–H groups in total. The predicted octanol–water partition coefficient (Wildman–Crippen LogP) is 3.72.